The number of anilines is 1. The largest absolute Gasteiger partial charge is 0.363 e. The summed E-state index contributed by atoms with van der Waals surface area (Å²) >= 11 is 0. The minimum absolute atomic E-state index is 0.0635. The van der Waals surface area contributed by atoms with E-state index in [-0.39, 0.29) is 5.91 Å². The average molecular weight is 446 g/mol. The summed E-state index contributed by atoms with van der Waals surface area (Å²) in [4.78, 5) is 24.7. The van der Waals surface area contributed by atoms with Gasteiger partial charge in [0, 0.05) is 40.7 Å². The first-order valence-corrected chi connectivity index (χ1v) is 11.8. The molecule has 1 saturated heterocycles. The van der Waals surface area contributed by atoms with E-state index in [2.05, 4.69) is 9.97 Å². The molecule has 0 bridgehead atoms. The molecule has 1 unspecified atom stereocenters. The van der Waals surface area contributed by atoms with E-state index in [1.54, 1.807) is 24.1 Å². The van der Waals surface area contributed by atoms with Crippen LogP contribution in [0, 0.1) is 13.8 Å². The van der Waals surface area contributed by atoms with E-state index in [0.29, 0.717) is 41.7 Å². The predicted octanol–water partition coefficient (Wildman–Crippen LogP) is 2.66. The van der Waals surface area contributed by atoms with Crippen molar-refractivity contribution in [2.75, 3.05) is 32.6 Å². The van der Waals surface area contributed by atoms with E-state index in [9.17, 15) is 13.2 Å². The number of amides is 1. The molecular weight excluding hydrogens is 414 g/mol. The van der Waals surface area contributed by atoms with Gasteiger partial charge in [0.25, 0.3) is 0 Å². The van der Waals surface area contributed by atoms with Crippen LogP contribution in [0.5, 0.6) is 0 Å². The van der Waals surface area contributed by atoms with Crippen molar-refractivity contribution >= 4 is 21.7 Å². The Bertz CT molecular complexity index is 1080. The lowest BCUT2D eigenvalue weighted by atomic mass is 10.1. The van der Waals surface area contributed by atoms with Crippen LogP contribution >= 0.6 is 0 Å². The van der Waals surface area contributed by atoms with Crippen molar-refractivity contribution in [1.82, 2.24) is 19.2 Å². The number of aromatic nitrogens is 2. The third-order valence-corrected chi connectivity index (χ3v) is 7.67. The molecule has 1 fully saturated rings. The molecule has 1 aliphatic heterocycles. The van der Waals surface area contributed by atoms with Crippen molar-refractivity contribution in [3.8, 4) is 0 Å². The highest BCUT2D eigenvalue weighted by Crippen LogP contribution is 2.36. The van der Waals surface area contributed by atoms with Gasteiger partial charge in [0.05, 0.1) is 23.2 Å². The zero-order valence-corrected chi connectivity index (χ0v) is 19.9. The highest BCUT2D eigenvalue weighted by atomic mass is 32.2. The van der Waals surface area contributed by atoms with Gasteiger partial charge in [-0.3, -0.25) is 4.79 Å². The molecule has 168 valence electrons. The zero-order valence-electron chi connectivity index (χ0n) is 19.1. The number of sulfonamides is 1. The molecule has 0 saturated carbocycles. The third-order valence-electron chi connectivity index (χ3n) is 5.76. The topological polar surface area (TPSA) is 86.7 Å². The lowest BCUT2D eigenvalue weighted by molar-refractivity contribution is -0.128. The first-order chi connectivity index (χ1) is 14.5. The van der Waals surface area contributed by atoms with Crippen molar-refractivity contribution in [2.24, 2.45) is 0 Å². The fourth-order valence-corrected chi connectivity index (χ4v) is 5.35. The molecule has 1 aromatic heterocycles. The van der Waals surface area contributed by atoms with Gasteiger partial charge in [-0.05, 0) is 49.9 Å². The van der Waals surface area contributed by atoms with Gasteiger partial charge in [-0.2, -0.15) is 4.31 Å². The van der Waals surface area contributed by atoms with Crippen LogP contribution < -0.4 is 4.90 Å². The third kappa shape index (κ3) is 4.88. The van der Waals surface area contributed by atoms with E-state index in [4.69, 9.17) is 0 Å². The Hall–Kier alpha value is -2.52. The molecule has 1 aliphatic rings. The molecule has 8 nitrogen and oxygen atoms in total. The van der Waals surface area contributed by atoms with Crippen molar-refractivity contribution in [2.45, 2.75) is 51.1 Å². The number of benzene rings is 1. The van der Waals surface area contributed by atoms with Crippen molar-refractivity contribution < 1.29 is 13.2 Å². The van der Waals surface area contributed by atoms with Gasteiger partial charge in [0.1, 0.15) is 11.6 Å². The van der Waals surface area contributed by atoms with Gasteiger partial charge in [0.2, 0.25) is 15.9 Å². The number of carbonyl (C=O) groups excluding carboxylic acids is 1. The number of hydrogen-bond donors (Lipinski definition) is 0. The first-order valence-electron chi connectivity index (χ1n) is 10.4. The van der Waals surface area contributed by atoms with Crippen LogP contribution in [0.2, 0.25) is 0 Å². The van der Waals surface area contributed by atoms with Crippen molar-refractivity contribution in [3.05, 3.63) is 46.9 Å². The number of rotatable bonds is 6. The molecule has 3 rings (SSSR count). The van der Waals surface area contributed by atoms with Crippen molar-refractivity contribution in [1.29, 1.82) is 0 Å². The molecule has 2 aromatic rings. The SMILES string of the molecule is CC(=O)N(C)Cc1cc(N(C)C)nc(C2CCCN2S(=O)(=O)c2ccc(C)c(C)c2)n1. The molecule has 0 N–H and O–H groups in total. The second-order valence-electron chi connectivity index (χ2n) is 8.37. The lowest BCUT2D eigenvalue weighted by Crippen LogP contribution is -2.32. The van der Waals surface area contributed by atoms with Gasteiger partial charge in [-0.25, -0.2) is 18.4 Å². The maximum Gasteiger partial charge on any atom is 0.243 e. The van der Waals surface area contributed by atoms with Crippen LogP contribution in [-0.2, 0) is 21.4 Å². The fourth-order valence-electron chi connectivity index (χ4n) is 3.61. The Morgan fingerprint density at radius 3 is 2.45 bits per heavy atom. The smallest absolute Gasteiger partial charge is 0.243 e. The molecular formula is C22H31N5O3S. The maximum atomic E-state index is 13.5. The first kappa shape index (κ1) is 23.1. The Labute approximate surface area is 185 Å². The molecule has 0 radical (unpaired) electrons. The zero-order chi connectivity index (χ0) is 22.9. The highest BCUT2D eigenvalue weighted by molar-refractivity contribution is 7.89. The van der Waals surface area contributed by atoms with E-state index in [0.717, 1.165) is 17.5 Å². The van der Waals surface area contributed by atoms with Gasteiger partial charge in [-0.1, -0.05) is 6.07 Å². The summed E-state index contributed by atoms with van der Waals surface area (Å²) < 4.78 is 28.4. The minimum Gasteiger partial charge on any atom is -0.363 e. The summed E-state index contributed by atoms with van der Waals surface area (Å²) in [6, 6.07) is 6.63. The summed E-state index contributed by atoms with van der Waals surface area (Å²) in [5.74, 6) is 1.10. The Balaban J connectivity index is 2.01. The fraction of sp³-hybridized carbons (Fsp3) is 0.500. The van der Waals surface area contributed by atoms with E-state index >= 15 is 0 Å². The summed E-state index contributed by atoms with van der Waals surface area (Å²) in [6.07, 6.45) is 1.40. The molecule has 1 amide bonds. The summed E-state index contributed by atoms with van der Waals surface area (Å²) in [6.45, 7) is 6.14. The van der Waals surface area contributed by atoms with Crippen LogP contribution in [0.1, 0.15) is 48.5 Å². The lowest BCUT2D eigenvalue weighted by Gasteiger charge is -2.25. The predicted molar refractivity (Wildman–Crippen MR) is 120 cm³/mol. The maximum absolute atomic E-state index is 13.5. The van der Waals surface area contributed by atoms with E-state index in [1.807, 2.05) is 45.0 Å². The van der Waals surface area contributed by atoms with Gasteiger partial charge < -0.3 is 9.80 Å². The van der Waals surface area contributed by atoms with Gasteiger partial charge >= 0.3 is 0 Å². The Kier molecular flexibility index (Phi) is 6.66. The standard InChI is InChI=1S/C22H31N5O3S/c1-15-9-10-19(12-16(15)2)31(29,30)27-11-7-8-20(27)22-23-18(14-26(6)17(3)28)13-21(24-22)25(4)5/h9-10,12-13,20H,7-8,11,14H2,1-6H3. The molecule has 31 heavy (non-hydrogen) atoms. The van der Waals surface area contributed by atoms with Crippen LogP contribution in [0.25, 0.3) is 0 Å². The number of carbonyl (C=O) groups is 1. The average Bonchev–Trinajstić information content (AvgIpc) is 3.20. The molecule has 2 heterocycles. The molecule has 0 aliphatic carbocycles. The number of nitrogens with zero attached hydrogens (tertiary/aromatic N) is 5. The van der Waals surface area contributed by atoms with Crippen LogP contribution in [0.4, 0.5) is 5.82 Å². The second kappa shape index (κ2) is 8.92. The monoisotopic (exact) mass is 445 g/mol. The molecule has 9 heteroatoms. The van der Waals surface area contributed by atoms with Crippen molar-refractivity contribution in [3.63, 3.8) is 0 Å². The highest BCUT2D eigenvalue weighted by Gasteiger charge is 2.38. The van der Waals surface area contributed by atoms with Crippen LogP contribution in [0.15, 0.2) is 29.2 Å². The van der Waals surface area contributed by atoms with E-state index < -0.39 is 16.1 Å². The molecule has 1 atom stereocenters. The molecule has 1 aromatic carbocycles. The Morgan fingerprint density at radius 1 is 1.13 bits per heavy atom. The number of hydrogen-bond acceptors (Lipinski definition) is 6. The Morgan fingerprint density at radius 2 is 1.84 bits per heavy atom. The van der Waals surface area contributed by atoms with Gasteiger partial charge in [0.15, 0.2) is 0 Å². The summed E-state index contributed by atoms with van der Waals surface area (Å²) in [5.41, 5.74) is 2.68. The van der Waals surface area contributed by atoms with E-state index in [1.165, 1.54) is 11.2 Å². The minimum atomic E-state index is -3.68. The number of aryl methyl sites for hydroxylation is 2. The second-order valence-corrected chi connectivity index (χ2v) is 10.3. The van der Waals surface area contributed by atoms with Crippen LogP contribution in [0.3, 0.4) is 0 Å². The van der Waals surface area contributed by atoms with Gasteiger partial charge in [-0.15, -0.1) is 0 Å². The van der Waals surface area contributed by atoms with Crippen LogP contribution in [-0.4, -0.2) is 61.2 Å². The quantitative estimate of drug-likeness (QED) is 0.679. The summed E-state index contributed by atoms with van der Waals surface area (Å²) in [5, 5.41) is 0. The summed E-state index contributed by atoms with van der Waals surface area (Å²) in [7, 11) is 1.79. The molecule has 0 spiro atoms. The normalized spacial score (nSPS) is 17.0.